The summed E-state index contributed by atoms with van der Waals surface area (Å²) in [5.41, 5.74) is 0. The fraction of sp³-hybridized carbons (Fsp3) is 0.818. The van der Waals surface area contributed by atoms with Crippen molar-refractivity contribution in [2.24, 2.45) is 5.92 Å². The molecular formula is C11H19N3O3. The summed E-state index contributed by atoms with van der Waals surface area (Å²) in [6.07, 6.45) is 0.481. The maximum Gasteiger partial charge on any atom is 0.241 e. The Morgan fingerprint density at radius 1 is 1.59 bits per heavy atom. The number of likely N-dealkylation sites (tertiary alicyclic amines) is 1. The molecule has 3 atom stereocenters. The lowest BCUT2D eigenvalue weighted by atomic mass is 10.0. The second-order valence-corrected chi connectivity index (χ2v) is 4.81. The van der Waals surface area contributed by atoms with Crippen LogP contribution in [0.2, 0.25) is 0 Å². The van der Waals surface area contributed by atoms with E-state index in [9.17, 15) is 14.7 Å². The van der Waals surface area contributed by atoms with Gasteiger partial charge in [0.1, 0.15) is 6.04 Å². The lowest BCUT2D eigenvalue weighted by Gasteiger charge is -2.27. The highest BCUT2D eigenvalue weighted by atomic mass is 16.3. The number of nitrogens with one attached hydrogen (secondary N) is 2. The number of amides is 2. The van der Waals surface area contributed by atoms with E-state index in [2.05, 4.69) is 10.6 Å². The number of hydrogen-bond acceptors (Lipinski definition) is 4. The van der Waals surface area contributed by atoms with E-state index < -0.39 is 0 Å². The molecule has 2 aliphatic heterocycles. The lowest BCUT2D eigenvalue weighted by molar-refractivity contribution is -0.134. The van der Waals surface area contributed by atoms with Crippen molar-refractivity contribution in [2.75, 3.05) is 26.2 Å². The van der Waals surface area contributed by atoms with Gasteiger partial charge in [0, 0.05) is 25.6 Å². The Balaban J connectivity index is 1.86. The van der Waals surface area contributed by atoms with E-state index in [1.165, 1.54) is 0 Å². The van der Waals surface area contributed by atoms with Crippen LogP contribution in [0, 0.1) is 5.92 Å². The minimum Gasteiger partial charge on any atom is -0.393 e. The molecule has 0 radical (unpaired) electrons. The van der Waals surface area contributed by atoms with Gasteiger partial charge in [-0.25, -0.2) is 0 Å². The van der Waals surface area contributed by atoms with Gasteiger partial charge < -0.3 is 15.3 Å². The van der Waals surface area contributed by atoms with Crippen LogP contribution < -0.4 is 10.6 Å². The molecule has 2 heterocycles. The fourth-order valence-electron chi connectivity index (χ4n) is 2.34. The molecule has 2 amide bonds. The van der Waals surface area contributed by atoms with Crippen LogP contribution in [0.15, 0.2) is 0 Å². The number of nitrogens with zero attached hydrogens (tertiary/aromatic N) is 1. The zero-order chi connectivity index (χ0) is 12.4. The monoisotopic (exact) mass is 241 g/mol. The molecule has 3 N–H and O–H groups in total. The van der Waals surface area contributed by atoms with E-state index in [-0.39, 0.29) is 36.4 Å². The number of carbonyl (C=O) groups excluding carboxylic acids is 2. The second-order valence-electron chi connectivity index (χ2n) is 4.81. The standard InChI is InChI=1S/C11H19N3O3/c1-7(15)8-2-3-14(6-8)11(17)9-4-13-10(16)5-12-9/h7-9,12,15H,2-6H2,1H3,(H,13,16). The summed E-state index contributed by atoms with van der Waals surface area (Å²) in [5.74, 6) is 0.127. The third kappa shape index (κ3) is 2.76. The van der Waals surface area contributed by atoms with Crippen LogP contribution in [0.4, 0.5) is 0 Å². The molecule has 0 aromatic rings. The molecule has 2 fully saturated rings. The first-order chi connectivity index (χ1) is 8.08. The van der Waals surface area contributed by atoms with Gasteiger partial charge >= 0.3 is 0 Å². The molecule has 96 valence electrons. The first kappa shape index (κ1) is 12.3. The highest BCUT2D eigenvalue weighted by Gasteiger charge is 2.33. The molecule has 2 saturated heterocycles. The Kier molecular flexibility index (Phi) is 3.63. The maximum absolute atomic E-state index is 12.1. The van der Waals surface area contributed by atoms with Gasteiger partial charge in [0.2, 0.25) is 11.8 Å². The van der Waals surface area contributed by atoms with Gasteiger partial charge in [-0.2, -0.15) is 0 Å². The third-order valence-electron chi connectivity index (χ3n) is 3.53. The molecule has 2 aliphatic rings. The number of rotatable bonds is 2. The fourth-order valence-corrected chi connectivity index (χ4v) is 2.34. The molecule has 0 saturated carbocycles. The Bertz CT molecular complexity index is 309. The molecular weight excluding hydrogens is 222 g/mol. The van der Waals surface area contributed by atoms with Gasteiger partial charge in [0.05, 0.1) is 12.6 Å². The predicted molar refractivity (Wildman–Crippen MR) is 61.2 cm³/mol. The average Bonchev–Trinajstić information content (AvgIpc) is 2.78. The smallest absolute Gasteiger partial charge is 0.241 e. The van der Waals surface area contributed by atoms with Crippen molar-refractivity contribution in [3.63, 3.8) is 0 Å². The van der Waals surface area contributed by atoms with Gasteiger partial charge in [0.25, 0.3) is 0 Å². The van der Waals surface area contributed by atoms with Crippen LogP contribution in [-0.4, -0.2) is 60.1 Å². The van der Waals surface area contributed by atoms with E-state index in [1.807, 2.05) is 0 Å². The largest absolute Gasteiger partial charge is 0.393 e. The molecule has 0 spiro atoms. The SMILES string of the molecule is CC(O)C1CCN(C(=O)C2CNC(=O)CN2)C1. The quantitative estimate of drug-likeness (QED) is 0.538. The van der Waals surface area contributed by atoms with Crippen LogP contribution >= 0.6 is 0 Å². The van der Waals surface area contributed by atoms with Gasteiger partial charge in [-0.1, -0.05) is 0 Å². The van der Waals surface area contributed by atoms with Crippen molar-refractivity contribution in [3.05, 3.63) is 0 Å². The van der Waals surface area contributed by atoms with Crippen LogP contribution in [0.3, 0.4) is 0 Å². The number of aliphatic hydroxyl groups is 1. The molecule has 0 aliphatic carbocycles. The molecule has 0 bridgehead atoms. The minimum atomic E-state index is -0.369. The molecule has 17 heavy (non-hydrogen) atoms. The Morgan fingerprint density at radius 2 is 2.35 bits per heavy atom. The average molecular weight is 241 g/mol. The van der Waals surface area contributed by atoms with E-state index >= 15 is 0 Å². The summed E-state index contributed by atoms with van der Waals surface area (Å²) >= 11 is 0. The van der Waals surface area contributed by atoms with Crippen molar-refractivity contribution in [1.29, 1.82) is 0 Å². The van der Waals surface area contributed by atoms with E-state index in [4.69, 9.17) is 0 Å². The number of hydrogen-bond donors (Lipinski definition) is 3. The number of piperazine rings is 1. The second kappa shape index (κ2) is 5.01. The van der Waals surface area contributed by atoms with E-state index in [1.54, 1.807) is 11.8 Å². The van der Waals surface area contributed by atoms with Gasteiger partial charge in [-0.3, -0.25) is 14.9 Å². The van der Waals surface area contributed by atoms with Crippen molar-refractivity contribution in [3.8, 4) is 0 Å². The molecule has 6 heteroatoms. The Morgan fingerprint density at radius 3 is 2.88 bits per heavy atom. The predicted octanol–water partition coefficient (Wildman–Crippen LogP) is -1.70. The van der Waals surface area contributed by atoms with Crippen molar-refractivity contribution >= 4 is 11.8 Å². The summed E-state index contributed by atoms with van der Waals surface area (Å²) in [7, 11) is 0. The van der Waals surface area contributed by atoms with Gasteiger partial charge in [-0.15, -0.1) is 0 Å². The van der Waals surface area contributed by atoms with Gasteiger partial charge in [0.15, 0.2) is 0 Å². The summed E-state index contributed by atoms with van der Waals surface area (Å²) < 4.78 is 0. The van der Waals surface area contributed by atoms with Gasteiger partial charge in [-0.05, 0) is 13.3 Å². The van der Waals surface area contributed by atoms with E-state index in [0.717, 1.165) is 6.42 Å². The molecule has 2 rings (SSSR count). The van der Waals surface area contributed by atoms with Crippen LogP contribution in [0.25, 0.3) is 0 Å². The minimum absolute atomic E-state index is 0.0214. The van der Waals surface area contributed by atoms with Crippen molar-refractivity contribution < 1.29 is 14.7 Å². The Labute approximate surface area is 100 Å². The van der Waals surface area contributed by atoms with Crippen molar-refractivity contribution in [1.82, 2.24) is 15.5 Å². The summed E-state index contributed by atoms with van der Waals surface area (Å²) in [4.78, 5) is 24.8. The summed E-state index contributed by atoms with van der Waals surface area (Å²) in [6, 6.07) is -0.319. The Hall–Kier alpha value is -1.14. The van der Waals surface area contributed by atoms with Crippen LogP contribution in [-0.2, 0) is 9.59 Å². The summed E-state index contributed by atoms with van der Waals surface area (Å²) in [6.45, 7) is 3.62. The highest BCUT2D eigenvalue weighted by Crippen LogP contribution is 2.20. The summed E-state index contributed by atoms with van der Waals surface area (Å²) in [5, 5.41) is 15.1. The topological polar surface area (TPSA) is 81.7 Å². The first-order valence-corrected chi connectivity index (χ1v) is 6.05. The lowest BCUT2D eigenvalue weighted by Crippen LogP contribution is -2.58. The van der Waals surface area contributed by atoms with Crippen LogP contribution in [0.5, 0.6) is 0 Å². The zero-order valence-electron chi connectivity index (χ0n) is 9.98. The normalized spacial score (nSPS) is 31.2. The highest BCUT2D eigenvalue weighted by molar-refractivity contribution is 5.86. The first-order valence-electron chi connectivity index (χ1n) is 6.05. The zero-order valence-corrected chi connectivity index (χ0v) is 9.98. The van der Waals surface area contributed by atoms with Crippen molar-refractivity contribution in [2.45, 2.75) is 25.5 Å². The molecule has 3 unspecified atom stereocenters. The maximum atomic E-state index is 12.1. The molecule has 0 aromatic heterocycles. The molecule has 0 aromatic carbocycles. The molecule has 6 nitrogen and oxygen atoms in total. The van der Waals surface area contributed by atoms with E-state index in [0.29, 0.717) is 19.6 Å². The third-order valence-corrected chi connectivity index (χ3v) is 3.53. The number of aliphatic hydroxyl groups excluding tert-OH is 1. The van der Waals surface area contributed by atoms with Crippen LogP contribution in [0.1, 0.15) is 13.3 Å². The number of carbonyl (C=O) groups is 2.